The van der Waals surface area contributed by atoms with Gasteiger partial charge in [-0.1, -0.05) is 39.0 Å². The molecule has 0 bridgehead atoms. The average Bonchev–Trinajstić information content (AvgIpc) is 2.61. The smallest absolute Gasteiger partial charge is 0.225 e. The van der Waals surface area contributed by atoms with Crippen molar-refractivity contribution in [2.45, 2.75) is 39.0 Å². The maximum absolute atomic E-state index is 12.7. The predicted molar refractivity (Wildman–Crippen MR) is 97.5 cm³/mol. The number of hydrogen-bond donors (Lipinski definition) is 0. The van der Waals surface area contributed by atoms with Gasteiger partial charge in [0, 0.05) is 51.0 Å². The zero-order chi connectivity index (χ0) is 17.2. The van der Waals surface area contributed by atoms with Crippen molar-refractivity contribution in [2.24, 2.45) is 5.92 Å². The Bertz CT molecular complexity index is 565. The molecular weight excluding hydrogens is 300 g/mol. The lowest BCUT2D eigenvalue weighted by Gasteiger charge is -2.40. The molecular formula is C20H30N2O2. The molecule has 1 amide bonds. The molecule has 0 aromatic heterocycles. The number of para-hydroxylation sites is 1. The van der Waals surface area contributed by atoms with E-state index in [0.717, 1.165) is 52.2 Å². The van der Waals surface area contributed by atoms with Gasteiger partial charge in [-0.25, -0.2) is 0 Å². The van der Waals surface area contributed by atoms with Crippen molar-refractivity contribution in [2.75, 3.05) is 44.3 Å². The first-order valence-corrected chi connectivity index (χ1v) is 9.18. The summed E-state index contributed by atoms with van der Waals surface area (Å²) in [5.74, 6) is 0.509. The Balaban J connectivity index is 1.64. The van der Waals surface area contributed by atoms with Crippen LogP contribution in [0.3, 0.4) is 0 Å². The summed E-state index contributed by atoms with van der Waals surface area (Å²) in [4.78, 5) is 17.2. The number of benzene rings is 1. The third kappa shape index (κ3) is 3.75. The molecule has 0 aliphatic carbocycles. The van der Waals surface area contributed by atoms with Crippen LogP contribution in [-0.4, -0.2) is 50.2 Å². The molecule has 0 spiro atoms. The van der Waals surface area contributed by atoms with Crippen LogP contribution in [0, 0.1) is 5.92 Å². The first-order valence-electron chi connectivity index (χ1n) is 9.18. The molecule has 4 heteroatoms. The Hall–Kier alpha value is -1.55. The quantitative estimate of drug-likeness (QED) is 0.835. The van der Waals surface area contributed by atoms with Crippen LogP contribution in [0.25, 0.3) is 0 Å². The van der Waals surface area contributed by atoms with E-state index in [1.54, 1.807) is 0 Å². The van der Waals surface area contributed by atoms with Gasteiger partial charge in [-0.15, -0.1) is 0 Å². The second-order valence-corrected chi connectivity index (χ2v) is 7.97. The third-order valence-electron chi connectivity index (χ3n) is 5.21. The Kier molecular flexibility index (Phi) is 5.14. The van der Waals surface area contributed by atoms with E-state index in [2.05, 4.69) is 54.8 Å². The van der Waals surface area contributed by atoms with E-state index < -0.39 is 0 Å². The number of hydrogen-bond acceptors (Lipinski definition) is 3. The molecule has 1 aromatic rings. The number of amides is 1. The first kappa shape index (κ1) is 17.3. The van der Waals surface area contributed by atoms with E-state index in [1.165, 1.54) is 11.3 Å². The summed E-state index contributed by atoms with van der Waals surface area (Å²) < 4.78 is 5.38. The minimum atomic E-state index is 0.131. The van der Waals surface area contributed by atoms with E-state index in [1.807, 2.05) is 0 Å². The fourth-order valence-corrected chi connectivity index (χ4v) is 3.75. The summed E-state index contributed by atoms with van der Waals surface area (Å²) in [7, 11) is 0. The molecule has 2 aliphatic heterocycles. The number of carbonyl (C=O) groups is 1. The second-order valence-electron chi connectivity index (χ2n) is 7.97. The molecule has 0 radical (unpaired) electrons. The minimum Gasteiger partial charge on any atom is -0.381 e. The highest BCUT2D eigenvalue weighted by Gasteiger charge is 2.30. The highest BCUT2D eigenvalue weighted by Crippen LogP contribution is 2.32. The largest absolute Gasteiger partial charge is 0.381 e. The maximum atomic E-state index is 12.7. The van der Waals surface area contributed by atoms with E-state index in [0.29, 0.717) is 5.91 Å². The number of rotatable bonds is 2. The highest BCUT2D eigenvalue weighted by atomic mass is 16.5. The fraction of sp³-hybridized carbons (Fsp3) is 0.650. The van der Waals surface area contributed by atoms with E-state index in [9.17, 15) is 4.79 Å². The summed E-state index contributed by atoms with van der Waals surface area (Å²) in [6.07, 6.45) is 1.76. The molecule has 0 unspecified atom stereocenters. The zero-order valence-corrected chi connectivity index (χ0v) is 15.3. The van der Waals surface area contributed by atoms with Gasteiger partial charge in [-0.05, 0) is 29.9 Å². The van der Waals surface area contributed by atoms with E-state index >= 15 is 0 Å². The third-order valence-corrected chi connectivity index (χ3v) is 5.21. The van der Waals surface area contributed by atoms with Crippen LogP contribution in [0.1, 0.15) is 39.2 Å². The Morgan fingerprint density at radius 2 is 1.67 bits per heavy atom. The lowest BCUT2D eigenvalue weighted by atomic mass is 9.85. The molecule has 132 valence electrons. The van der Waals surface area contributed by atoms with Crippen molar-refractivity contribution >= 4 is 11.6 Å². The van der Waals surface area contributed by atoms with Crippen molar-refractivity contribution in [3.8, 4) is 0 Å². The van der Waals surface area contributed by atoms with Crippen LogP contribution in [0.4, 0.5) is 5.69 Å². The topological polar surface area (TPSA) is 32.8 Å². The summed E-state index contributed by atoms with van der Waals surface area (Å²) in [5, 5.41) is 0. The van der Waals surface area contributed by atoms with Crippen molar-refractivity contribution < 1.29 is 9.53 Å². The molecule has 3 rings (SSSR count). The molecule has 4 nitrogen and oxygen atoms in total. The van der Waals surface area contributed by atoms with E-state index in [-0.39, 0.29) is 11.3 Å². The van der Waals surface area contributed by atoms with E-state index in [4.69, 9.17) is 4.74 Å². The Morgan fingerprint density at radius 1 is 1.04 bits per heavy atom. The Morgan fingerprint density at radius 3 is 2.29 bits per heavy atom. The van der Waals surface area contributed by atoms with Crippen LogP contribution in [-0.2, 0) is 14.9 Å². The summed E-state index contributed by atoms with van der Waals surface area (Å²) >= 11 is 0. The van der Waals surface area contributed by atoms with Crippen molar-refractivity contribution in [1.29, 1.82) is 0 Å². The van der Waals surface area contributed by atoms with Crippen molar-refractivity contribution in [3.63, 3.8) is 0 Å². The van der Waals surface area contributed by atoms with Gasteiger partial charge >= 0.3 is 0 Å². The lowest BCUT2D eigenvalue weighted by Crippen LogP contribution is -2.51. The van der Waals surface area contributed by atoms with Gasteiger partial charge in [0.25, 0.3) is 0 Å². The lowest BCUT2D eigenvalue weighted by molar-refractivity contribution is -0.138. The first-order chi connectivity index (χ1) is 11.5. The van der Waals surface area contributed by atoms with Gasteiger partial charge in [0.2, 0.25) is 5.91 Å². The molecule has 2 aliphatic rings. The monoisotopic (exact) mass is 330 g/mol. The normalized spacial score (nSPS) is 20.3. The molecule has 2 saturated heterocycles. The predicted octanol–water partition coefficient (Wildman–Crippen LogP) is 3.06. The second kappa shape index (κ2) is 7.14. The van der Waals surface area contributed by atoms with Gasteiger partial charge in [0.15, 0.2) is 0 Å². The highest BCUT2D eigenvalue weighted by molar-refractivity contribution is 5.79. The van der Waals surface area contributed by atoms with Crippen LogP contribution in [0.5, 0.6) is 0 Å². The van der Waals surface area contributed by atoms with Gasteiger partial charge in [0.1, 0.15) is 0 Å². The molecule has 24 heavy (non-hydrogen) atoms. The van der Waals surface area contributed by atoms with Crippen LogP contribution in [0.15, 0.2) is 24.3 Å². The summed E-state index contributed by atoms with van der Waals surface area (Å²) in [5.41, 5.74) is 2.84. The maximum Gasteiger partial charge on any atom is 0.225 e. The van der Waals surface area contributed by atoms with Crippen molar-refractivity contribution in [3.05, 3.63) is 29.8 Å². The average molecular weight is 330 g/mol. The van der Waals surface area contributed by atoms with Gasteiger partial charge < -0.3 is 14.5 Å². The number of piperazine rings is 1. The molecule has 0 saturated carbocycles. The van der Waals surface area contributed by atoms with Crippen molar-refractivity contribution in [1.82, 2.24) is 4.90 Å². The molecule has 0 N–H and O–H groups in total. The minimum absolute atomic E-state index is 0.131. The summed E-state index contributed by atoms with van der Waals surface area (Å²) in [6, 6.07) is 8.69. The van der Waals surface area contributed by atoms with Gasteiger partial charge in [-0.3, -0.25) is 4.79 Å². The molecule has 2 heterocycles. The number of nitrogens with zero attached hydrogens (tertiary/aromatic N) is 2. The van der Waals surface area contributed by atoms with Gasteiger partial charge in [0.05, 0.1) is 0 Å². The zero-order valence-electron chi connectivity index (χ0n) is 15.3. The number of anilines is 1. The fourth-order valence-electron chi connectivity index (χ4n) is 3.75. The van der Waals surface area contributed by atoms with Crippen LogP contribution < -0.4 is 4.90 Å². The SMILES string of the molecule is CC(C)(C)c1ccccc1N1CCN(C(=O)C2CCOCC2)CC1. The Labute approximate surface area is 145 Å². The number of ether oxygens (including phenoxy) is 1. The van der Waals surface area contributed by atoms with Crippen LogP contribution >= 0.6 is 0 Å². The van der Waals surface area contributed by atoms with Crippen LogP contribution in [0.2, 0.25) is 0 Å². The summed E-state index contributed by atoms with van der Waals surface area (Å²) in [6.45, 7) is 11.7. The molecule has 2 fully saturated rings. The molecule has 1 aromatic carbocycles. The standard InChI is InChI=1S/C20H30N2O2/c1-20(2,3)17-6-4-5-7-18(17)21-10-12-22(13-11-21)19(23)16-8-14-24-15-9-16/h4-7,16H,8-15H2,1-3H3. The number of carbonyl (C=O) groups excluding carboxylic acids is 1. The van der Waals surface area contributed by atoms with Gasteiger partial charge in [-0.2, -0.15) is 0 Å². The molecule has 0 atom stereocenters.